The number of carbonyl (C=O) groups excluding carboxylic acids is 2. The van der Waals surface area contributed by atoms with Crippen molar-refractivity contribution in [3.05, 3.63) is 35.4 Å². The fourth-order valence-corrected chi connectivity index (χ4v) is 2.87. The van der Waals surface area contributed by atoms with Gasteiger partial charge in [-0.1, -0.05) is 12.1 Å². The Morgan fingerprint density at radius 2 is 1.80 bits per heavy atom. The standard InChI is InChI=1S/C18H23F3N2O2/c1-17(2,3)23-11-13(10-15(23)24)16(25)22-9-8-12-4-6-14(7-5-12)18(19,20)21/h4-7,13H,8-11H2,1-3H3,(H,22,25). The topological polar surface area (TPSA) is 49.4 Å². The van der Waals surface area contributed by atoms with Gasteiger partial charge in [-0.25, -0.2) is 0 Å². The van der Waals surface area contributed by atoms with Gasteiger partial charge in [-0.15, -0.1) is 0 Å². The molecule has 25 heavy (non-hydrogen) atoms. The van der Waals surface area contributed by atoms with Crippen molar-refractivity contribution in [2.45, 2.75) is 45.3 Å². The minimum atomic E-state index is -4.35. The van der Waals surface area contributed by atoms with Gasteiger partial charge in [0.25, 0.3) is 0 Å². The largest absolute Gasteiger partial charge is 0.416 e. The van der Waals surface area contributed by atoms with E-state index in [2.05, 4.69) is 5.32 Å². The molecule has 2 amide bonds. The highest BCUT2D eigenvalue weighted by Gasteiger charge is 2.39. The molecule has 2 rings (SSSR count). The monoisotopic (exact) mass is 356 g/mol. The second-order valence-electron chi connectivity index (χ2n) is 7.31. The molecule has 1 aliphatic heterocycles. The summed E-state index contributed by atoms with van der Waals surface area (Å²) in [5.41, 5.74) is -0.286. The molecule has 1 fully saturated rings. The summed E-state index contributed by atoms with van der Waals surface area (Å²) in [6.07, 6.45) is -3.71. The van der Waals surface area contributed by atoms with E-state index in [1.807, 2.05) is 20.8 Å². The molecule has 138 valence electrons. The van der Waals surface area contributed by atoms with E-state index >= 15 is 0 Å². The van der Waals surface area contributed by atoms with Gasteiger partial charge < -0.3 is 10.2 Å². The van der Waals surface area contributed by atoms with Crippen LogP contribution in [0, 0.1) is 5.92 Å². The molecule has 4 nitrogen and oxygen atoms in total. The van der Waals surface area contributed by atoms with Crippen LogP contribution in [0.15, 0.2) is 24.3 Å². The van der Waals surface area contributed by atoms with Crippen LogP contribution in [0.2, 0.25) is 0 Å². The van der Waals surface area contributed by atoms with E-state index in [-0.39, 0.29) is 29.7 Å². The van der Waals surface area contributed by atoms with E-state index in [0.717, 1.165) is 12.1 Å². The molecule has 7 heteroatoms. The SMILES string of the molecule is CC(C)(C)N1CC(C(=O)NCCc2ccc(C(F)(F)F)cc2)CC1=O. The van der Waals surface area contributed by atoms with Crippen molar-refractivity contribution in [2.75, 3.05) is 13.1 Å². The quantitative estimate of drug-likeness (QED) is 0.902. The molecule has 0 radical (unpaired) electrons. The van der Waals surface area contributed by atoms with Gasteiger partial charge in [0.1, 0.15) is 0 Å². The highest BCUT2D eigenvalue weighted by atomic mass is 19.4. The summed E-state index contributed by atoms with van der Waals surface area (Å²) in [7, 11) is 0. The summed E-state index contributed by atoms with van der Waals surface area (Å²) in [5.74, 6) is -0.596. The lowest BCUT2D eigenvalue weighted by molar-refractivity contribution is -0.137. The second-order valence-corrected chi connectivity index (χ2v) is 7.31. The molecule has 0 aliphatic carbocycles. The van der Waals surface area contributed by atoms with Crippen LogP contribution in [0.25, 0.3) is 0 Å². The number of alkyl halides is 3. The summed E-state index contributed by atoms with van der Waals surface area (Å²) in [6, 6.07) is 4.90. The van der Waals surface area contributed by atoms with Crippen molar-refractivity contribution in [3.63, 3.8) is 0 Å². The fraction of sp³-hybridized carbons (Fsp3) is 0.556. The van der Waals surface area contributed by atoms with Crippen molar-refractivity contribution in [3.8, 4) is 0 Å². The summed E-state index contributed by atoms with van der Waals surface area (Å²) in [4.78, 5) is 25.9. The van der Waals surface area contributed by atoms with Crippen LogP contribution in [0.5, 0.6) is 0 Å². The highest BCUT2D eigenvalue weighted by molar-refractivity contribution is 5.89. The van der Waals surface area contributed by atoms with Gasteiger partial charge in [0, 0.05) is 25.0 Å². The Kier molecular flexibility index (Phi) is 5.44. The molecule has 0 aromatic heterocycles. The van der Waals surface area contributed by atoms with Gasteiger partial charge in [0.05, 0.1) is 11.5 Å². The maximum atomic E-state index is 12.5. The molecule has 1 unspecified atom stereocenters. The van der Waals surface area contributed by atoms with Crippen LogP contribution in [-0.4, -0.2) is 35.3 Å². The first-order valence-corrected chi connectivity index (χ1v) is 8.23. The lowest BCUT2D eigenvalue weighted by Crippen LogP contribution is -2.43. The Hall–Kier alpha value is -2.05. The first-order valence-electron chi connectivity index (χ1n) is 8.23. The van der Waals surface area contributed by atoms with Crippen LogP contribution in [0.3, 0.4) is 0 Å². The van der Waals surface area contributed by atoms with E-state index in [4.69, 9.17) is 0 Å². The van der Waals surface area contributed by atoms with E-state index < -0.39 is 11.7 Å². The average molecular weight is 356 g/mol. The van der Waals surface area contributed by atoms with Crippen LogP contribution in [0.1, 0.15) is 38.3 Å². The van der Waals surface area contributed by atoms with E-state index in [1.165, 1.54) is 12.1 Å². The maximum Gasteiger partial charge on any atom is 0.416 e. The molecule has 1 atom stereocenters. The van der Waals surface area contributed by atoms with Crippen LogP contribution >= 0.6 is 0 Å². The zero-order chi connectivity index (χ0) is 18.8. The molecule has 1 aromatic carbocycles. The van der Waals surface area contributed by atoms with E-state index in [9.17, 15) is 22.8 Å². The van der Waals surface area contributed by atoms with Gasteiger partial charge >= 0.3 is 6.18 Å². The Balaban J connectivity index is 1.82. The van der Waals surface area contributed by atoms with E-state index in [1.54, 1.807) is 4.90 Å². The average Bonchev–Trinajstić information content (AvgIpc) is 2.89. The zero-order valence-corrected chi connectivity index (χ0v) is 14.6. The normalized spacial score (nSPS) is 18.6. The molecule has 1 aliphatic rings. The number of halogens is 3. The predicted molar refractivity (Wildman–Crippen MR) is 87.7 cm³/mol. The van der Waals surface area contributed by atoms with Crippen LogP contribution in [-0.2, 0) is 22.2 Å². The number of rotatable bonds is 4. The molecular formula is C18H23F3N2O2. The van der Waals surface area contributed by atoms with E-state index in [0.29, 0.717) is 25.1 Å². The van der Waals surface area contributed by atoms with Crippen molar-refractivity contribution in [1.29, 1.82) is 0 Å². The minimum Gasteiger partial charge on any atom is -0.355 e. The molecule has 0 saturated carbocycles. The summed E-state index contributed by atoms with van der Waals surface area (Å²) < 4.78 is 37.5. The molecule has 1 N–H and O–H groups in total. The van der Waals surface area contributed by atoms with Gasteiger partial charge in [0.2, 0.25) is 11.8 Å². The van der Waals surface area contributed by atoms with Gasteiger partial charge in [-0.05, 0) is 44.9 Å². The Morgan fingerprint density at radius 3 is 2.28 bits per heavy atom. The maximum absolute atomic E-state index is 12.5. The Morgan fingerprint density at radius 1 is 1.20 bits per heavy atom. The highest BCUT2D eigenvalue weighted by Crippen LogP contribution is 2.29. The molecule has 0 spiro atoms. The lowest BCUT2D eigenvalue weighted by Gasteiger charge is -2.31. The number of amides is 2. The molecule has 0 bridgehead atoms. The predicted octanol–water partition coefficient (Wildman–Crippen LogP) is 3.01. The van der Waals surface area contributed by atoms with Crippen LogP contribution < -0.4 is 5.32 Å². The third-order valence-electron chi connectivity index (χ3n) is 4.30. The van der Waals surface area contributed by atoms with Gasteiger partial charge in [-0.3, -0.25) is 9.59 Å². The summed E-state index contributed by atoms with van der Waals surface area (Å²) >= 11 is 0. The number of benzene rings is 1. The van der Waals surface area contributed by atoms with Crippen molar-refractivity contribution < 1.29 is 22.8 Å². The van der Waals surface area contributed by atoms with Gasteiger partial charge in [-0.2, -0.15) is 13.2 Å². The number of likely N-dealkylation sites (tertiary alicyclic amines) is 1. The number of carbonyl (C=O) groups is 2. The molecule has 1 saturated heterocycles. The first-order chi connectivity index (χ1) is 11.5. The second kappa shape index (κ2) is 7.06. The molecule has 1 aromatic rings. The van der Waals surface area contributed by atoms with Crippen molar-refractivity contribution >= 4 is 11.8 Å². The Bertz CT molecular complexity index is 633. The van der Waals surface area contributed by atoms with Crippen molar-refractivity contribution in [1.82, 2.24) is 10.2 Å². The minimum absolute atomic E-state index is 0.0320. The Labute approximate surface area is 145 Å². The smallest absolute Gasteiger partial charge is 0.355 e. The number of nitrogens with one attached hydrogen (secondary N) is 1. The third-order valence-corrected chi connectivity index (χ3v) is 4.30. The number of nitrogens with zero attached hydrogens (tertiary/aromatic N) is 1. The molecule has 1 heterocycles. The summed E-state index contributed by atoms with van der Waals surface area (Å²) in [5, 5.41) is 2.77. The number of hydrogen-bond acceptors (Lipinski definition) is 2. The first kappa shape index (κ1) is 19.3. The summed E-state index contributed by atoms with van der Waals surface area (Å²) in [6.45, 7) is 6.50. The zero-order valence-electron chi connectivity index (χ0n) is 14.6. The van der Waals surface area contributed by atoms with Gasteiger partial charge in [0.15, 0.2) is 0 Å². The third kappa shape index (κ3) is 4.96. The lowest BCUT2D eigenvalue weighted by atomic mass is 10.1. The number of hydrogen-bond donors (Lipinski definition) is 1. The molecular weight excluding hydrogens is 333 g/mol. The van der Waals surface area contributed by atoms with Crippen LogP contribution in [0.4, 0.5) is 13.2 Å². The fourth-order valence-electron chi connectivity index (χ4n) is 2.87. The van der Waals surface area contributed by atoms with Crippen molar-refractivity contribution in [2.24, 2.45) is 5.92 Å².